The Hall–Kier alpha value is -3.03. The third-order valence-corrected chi connectivity index (χ3v) is 4.84. The maximum absolute atomic E-state index is 11.8. The van der Waals surface area contributed by atoms with E-state index in [1.165, 1.54) is 0 Å². The van der Waals surface area contributed by atoms with Gasteiger partial charge in [0.2, 0.25) is 0 Å². The third kappa shape index (κ3) is 5.97. The normalized spacial score (nSPS) is 14.4. The summed E-state index contributed by atoms with van der Waals surface area (Å²) < 4.78 is 10.3. The molecule has 1 aliphatic heterocycles. The van der Waals surface area contributed by atoms with Crippen LogP contribution in [0.1, 0.15) is 31.2 Å². The zero-order valence-corrected chi connectivity index (χ0v) is 17.3. The predicted molar refractivity (Wildman–Crippen MR) is 112 cm³/mol. The lowest BCUT2D eigenvalue weighted by Gasteiger charge is -2.31. The predicted octanol–water partition coefficient (Wildman–Crippen LogP) is 3.44. The maximum Gasteiger partial charge on any atom is 0.409 e. The number of carbonyl (C=O) groups excluding carboxylic acids is 1. The fraction of sp³-hybridized carbons (Fsp3) is 0.476. The molecule has 156 valence electrons. The van der Waals surface area contributed by atoms with Crippen LogP contribution in [0.3, 0.4) is 0 Å². The lowest BCUT2D eigenvalue weighted by atomic mass is 10.1. The zero-order valence-electron chi connectivity index (χ0n) is 17.3. The van der Waals surface area contributed by atoms with Gasteiger partial charge < -0.3 is 25.0 Å². The van der Waals surface area contributed by atoms with Crippen LogP contribution in [0.5, 0.6) is 5.75 Å². The van der Waals surface area contributed by atoms with E-state index >= 15 is 0 Å². The number of benzene rings is 1. The standard InChI is InChI=1S/C21H29N5O3/c1-4-29-21(27)26-11-9-17(10-12-26)25-20-13-19(23-15(2)24-20)22-14-16-5-7-18(28-3)8-6-16/h5-8,13,17H,4,9-12,14H2,1-3H3,(H2,22,23,24,25). The Bertz CT molecular complexity index is 804. The number of anilines is 2. The number of aryl methyl sites for hydroxylation is 1. The minimum absolute atomic E-state index is 0.228. The Morgan fingerprint density at radius 1 is 1.17 bits per heavy atom. The SMILES string of the molecule is CCOC(=O)N1CCC(Nc2cc(NCc3ccc(OC)cc3)nc(C)n2)CC1. The van der Waals surface area contributed by atoms with Gasteiger partial charge in [-0.2, -0.15) is 0 Å². The molecule has 1 aromatic carbocycles. The molecule has 0 aliphatic carbocycles. The van der Waals surface area contributed by atoms with E-state index in [0.717, 1.165) is 35.8 Å². The van der Waals surface area contributed by atoms with E-state index in [1.807, 2.05) is 44.2 Å². The molecule has 3 rings (SSSR count). The van der Waals surface area contributed by atoms with Crippen LogP contribution in [0.2, 0.25) is 0 Å². The first-order chi connectivity index (χ1) is 14.1. The maximum atomic E-state index is 11.8. The Kier molecular flexibility index (Phi) is 7.10. The highest BCUT2D eigenvalue weighted by Crippen LogP contribution is 2.19. The number of nitrogens with zero attached hydrogens (tertiary/aromatic N) is 3. The number of piperidine rings is 1. The molecule has 1 aliphatic rings. The average molecular weight is 399 g/mol. The number of carbonyl (C=O) groups is 1. The zero-order chi connectivity index (χ0) is 20.6. The average Bonchev–Trinajstić information content (AvgIpc) is 2.73. The number of aromatic nitrogens is 2. The van der Waals surface area contributed by atoms with Crippen LogP contribution in [0, 0.1) is 6.92 Å². The topological polar surface area (TPSA) is 88.6 Å². The minimum Gasteiger partial charge on any atom is -0.497 e. The van der Waals surface area contributed by atoms with Crippen molar-refractivity contribution in [2.75, 3.05) is 37.4 Å². The third-order valence-electron chi connectivity index (χ3n) is 4.84. The van der Waals surface area contributed by atoms with Crippen molar-refractivity contribution in [3.05, 3.63) is 41.7 Å². The van der Waals surface area contributed by atoms with Crippen molar-refractivity contribution in [1.82, 2.24) is 14.9 Å². The van der Waals surface area contributed by atoms with Gasteiger partial charge in [0.1, 0.15) is 23.2 Å². The molecule has 1 aromatic heterocycles. The summed E-state index contributed by atoms with van der Waals surface area (Å²) in [4.78, 5) is 22.6. The van der Waals surface area contributed by atoms with Crippen LogP contribution in [-0.2, 0) is 11.3 Å². The minimum atomic E-state index is -0.228. The Morgan fingerprint density at radius 2 is 1.86 bits per heavy atom. The Morgan fingerprint density at radius 3 is 2.52 bits per heavy atom. The van der Waals surface area contributed by atoms with Gasteiger partial charge >= 0.3 is 6.09 Å². The van der Waals surface area contributed by atoms with Crippen molar-refractivity contribution in [3.8, 4) is 5.75 Å². The smallest absolute Gasteiger partial charge is 0.409 e. The van der Waals surface area contributed by atoms with Gasteiger partial charge in [-0.3, -0.25) is 0 Å². The van der Waals surface area contributed by atoms with Gasteiger partial charge in [0.05, 0.1) is 13.7 Å². The highest BCUT2D eigenvalue weighted by molar-refractivity contribution is 5.67. The molecule has 2 aromatic rings. The summed E-state index contributed by atoms with van der Waals surface area (Å²) in [6.07, 6.45) is 1.49. The van der Waals surface area contributed by atoms with Crippen molar-refractivity contribution in [1.29, 1.82) is 0 Å². The second-order valence-corrected chi connectivity index (χ2v) is 6.99. The van der Waals surface area contributed by atoms with Gasteiger partial charge in [-0.1, -0.05) is 12.1 Å². The molecule has 1 fully saturated rings. The second-order valence-electron chi connectivity index (χ2n) is 6.99. The van der Waals surface area contributed by atoms with E-state index in [4.69, 9.17) is 9.47 Å². The summed E-state index contributed by atoms with van der Waals surface area (Å²) in [5.41, 5.74) is 1.14. The van der Waals surface area contributed by atoms with E-state index < -0.39 is 0 Å². The Labute approximate surface area is 171 Å². The molecular formula is C21H29N5O3. The highest BCUT2D eigenvalue weighted by Gasteiger charge is 2.23. The number of methoxy groups -OCH3 is 1. The van der Waals surface area contributed by atoms with Gasteiger partial charge in [0, 0.05) is 31.7 Å². The summed E-state index contributed by atoms with van der Waals surface area (Å²) in [6, 6.07) is 10.1. The summed E-state index contributed by atoms with van der Waals surface area (Å²) >= 11 is 0. The molecule has 1 saturated heterocycles. The molecule has 1 amide bonds. The van der Waals surface area contributed by atoms with Crippen molar-refractivity contribution >= 4 is 17.7 Å². The fourth-order valence-corrected chi connectivity index (χ4v) is 3.30. The van der Waals surface area contributed by atoms with Crippen molar-refractivity contribution in [2.45, 2.75) is 39.3 Å². The summed E-state index contributed by atoms with van der Waals surface area (Å²) in [6.45, 7) is 6.14. The van der Waals surface area contributed by atoms with E-state index in [9.17, 15) is 4.79 Å². The number of hydrogen-bond donors (Lipinski definition) is 2. The second kappa shape index (κ2) is 9.95. The molecule has 2 N–H and O–H groups in total. The number of nitrogens with one attached hydrogen (secondary N) is 2. The highest BCUT2D eigenvalue weighted by atomic mass is 16.6. The van der Waals surface area contributed by atoms with Crippen LogP contribution in [0.25, 0.3) is 0 Å². The first-order valence-corrected chi connectivity index (χ1v) is 9.98. The molecule has 29 heavy (non-hydrogen) atoms. The lowest BCUT2D eigenvalue weighted by Crippen LogP contribution is -2.42. The summed E-state index contributed by atoms with van der Waals surface area (Å²) in [5, 5.41) is 6.83. The van der Waals surface area contributed by atoms with E-state index in [-0.39, 0.29) is 12.1 Å². The largest absolute Gasteiger partial charge is 0.497 e. The number of likely N-dealkylation sites (tertiary alicyclic amines) is 1. The van der Waals surface area contributed by atoms with Crippen LogP contribution in [0.15, 0.2) is 30.3 Å². The number of hydrogen-bond acceptors (Lipinski definition) is 7. The van der Waals surface area contributed by atoms with E-state index in [1.54, 1.807) is 12.0 Å². The van der Waals surface area contributed by atoms with Crippen LogP contribution in [-0.4, -0.2) is 53.8 Å². The van der Waals surface area contributed by atoms with Gasteiger partial charge in [0.25, 0.3) is 0 Å². The number of amides is 1. The van der Waals surface area contributed by atoms with Crippen LogP contribution < -0.4 is 15.4 Å². The number of rotatable bonds is 7. The van der Waals surface area contributed by atoms with Gasteiger partial charge in [-0.25, -0.2) is 14.8 Å². The lowest BCUT2D eigenvalue weighted by molar-refractivity contribution is 0.0983. The van der Waals surface area contributed by atoms with Gasteiger partial charge in [-0.05, 0) is 44.4 Å². The molecule has 0 atom stereocenters. The van der Waals surface area contributed by atoms with Gasteiger partial charge in [0.15, 0.2) is 0 Å². The molecular weight excluding hydrogens is 370 g/mol. The molecule has 0 radical (unpaired) electrons. The Balaban J connectivity index is 1.54. The van der Waals surface area contributed by atoms with E-state index in [2.05, 4.69) is 20.6 Å². The monoisotopic (exact) mass is 399 g/mol. The fourth-order valence-electron chi connectivity index (χ4n) is 3.30. The summed E-state index contributed by atoms with van der Waals surface area (Å²) in [5.74, 6) is 3.12. The van der Waals surface area contributed by atoms with Crippen molar-refractivity contribution in [3.63, 3.8) is 0 Å². The number of ether oxygens (including phenoxy) is 2. The van der Waals surface area contributed by atoms with Crippen LogP contribution >= 0.6 is 0 Å². The first kappa shape index (κ1) is 20.7. The van der Waals surface area contributed by atoms with Crippen molar-refractivity contribution < 1.29 is 14.3 Å². The van der Waals surface area contributed by atoms with Gasteiger partial charge in [-0.15, -0.1) is 0 Å². The van der Waals surface area contributed by atoms with Crippen molar-refractivity contribution in [2.24, 2.45) is 0 Å². The quantitative estimate of drug-likeness (QED) is 0.737. The molecule has 8 heteroatoms. The molecule has 0 unspecified atom stereocenters. The molecule has 2 heterocycles. The first-order valence-electron chi connectivity index (χ1n) is 9.98. The van der Waals surface area contributed by atoms with Crippen LogP contribution in [0.4, 0.5) is 16.4 Å². The summed E-state index contributed by atoms with van der Waals surface area (Å²) in [7, 11) is 1.66. The molecule has 0 bridgehead atoms. The molecule has 0 saturated carbocycles. The molecule has 8 nitrogen and oxygen atoms in total. The molecule has 0 spiro atoms. The van der Waals surface area contributed by atoms with E-state index in [0.29, 0.717) is 32.1 Å².